The molecule has 0 spiro atoms. The fourth-order valence-electron chi connectivity index (χ4n) is 2.48. The lowest BCUT2D eigenvalue weighted by atomic mass is 10.1. The molecule has 126 valence electrons. The minimum Gasteiger partial charge on any atom is -1.00 e. The molecule has 2 aromatic carbocycles. The summed E-state index contributed by atoms with van der Waals surface area (Å²) in [5.74, 6) is 0.927. The molecule has 0 amide bonds. The summed E-state index contributed by atoms with van der Waals surface area (Å²) in [5, 5.41) is 3.64. The van der Waals surface area contributed by atoms with E-state index in [0.717, 1.165) is 12.3 Å². The average molecular weight is 333 g/mol. The summed E-state index contributed by atoms with van der Waals surface area (Å²) < 4.78 is 5.94. The van der Waals surface area contributed by atoms with E-state index in [0.29, 0.717) is 6.61 Å². The second kappa shape index (κ2) is 12.0. The molecule has 0 bridgehead atoms. The molecule has 0 aliphatic carbocycles. The number of unbranched alkanes of at least 4 members (excludes halogenated alkanes) is 3. The highest BCUT2D eigenvalue weighted by atomic mass is 35.5. The van der Waals surface area contributed by atoms with Gasteiger partial charge in [-0.15, -0.1) is 0 Å². The summed E-state index contributed by atoms with van der Waals surface area (Å²) in [4.78, 5) is 0. The Hall–Kier alpha value is -1.51. The molecule has 1 unspecified atom stereocenters. The number of halogens is 1. The Kier molecular flexibility index (Phi) is 10.2. The van der Waals surface area contributed by atoms with Crippen LogP contribution in [0.1, 0.15) is 44.2 Å². The molecule has 1 atom stereocenters. The Bertz CT molecular complexity index is 504. The van der Waals surface area contributed by atoms with Gasteiger partial charge >= 0.3 is 0 Å². The predicted octanol–water partition coefficient (Wildman–Crippen LogP) is 1.98. The van der Waals surface area contributed by atoms with Crippen molar-refractivity contribution in [2.45, 2.75) is 38.6 Å². The minimum atomic E-state index is 0. The average Bonchev–Trinajstić information content (AvgIpc) is 2.59. The van der Waals surface area contributed by atoms with Gasteiger partial charge in [-0.25, -0.2) is 0 Å². The lowest BCUT2D eigenvalue weighted by molar-refractivity contribution is -0.00000500. The third-order valence-corrected chi connectivity index (χ3v) is 3.78. The van der Waals surface area contributed by atoms with Gasteiger partial charge in [-0.3, -0.25) is 0 Å². The molecule has 0 aliphatic heterocycles. The number of hydrogen-bond acceptors (Lipinski definition) is 2. The van der Waals surface area contributed by atoms with Gasteiger partial charge < -0.3 is 22.5 Å². The number of para-hydroxylation sites is 1. The smallest absolute Gasteiger partial charge is 0.119 e. The molecule has 2 aromatic rings. The third-order valence-electron chi connectivity index (χ3n) is 3.78. The Balaban J connectivity index is 0.00000264. The zero-order chi connectivity index (χ0) is 15.5. The lowest BCUT2D eigenvalue weighted by Crippen LogP contribution is -3.00. The van der Waals surface area contributed by atoms with Gasteiger partial charge in [-0.05, 0) is 30.7 Å². The molecule has 0 aromatic heterocycles. The molecular formula is C20H27ClNO-. The van der Waals surface area contributed by atoms with Gasteiger partial charge in [0.2, 0.25) is 0 Å². The summed E-state index contributed by atoms with van der Waals surface area (Å²) in [5.41, 5.74) is 1.29. The van der Waals surface area contributed by atoms with Crippen LogP contribution in [0.3, 0.4) is 0 Å². The number of ether oxygens (including phenoxy) is 1. The Labute approximate surface area is 146 Å². The summed E-state index contributed by atoms with van der Waals surface area (Å²) >= 11 is 0. The molecule has 3 heteroatoms. The molecule has 0 fully saturated rings. The minimum absolute atomic E-state index is 0. The summed E-state index contributed by atoms with van der Waals surface area (Å²) in [6.45, 7) is 3.94. The van der Waals surface area contributed by atoms with E-state index in [1.54, 1.807) is 0 Å². The quantitative estimate of drug-likeness (QED) is 0.672. The van der Waals surface area contributed by atoms with Crippen LogP contribution < -0.4 is 22.5 Å². The molecule has 0 saturated heterocycles. The number of nitrogens with one attached hydrogen (secondary N) is 1. The summed E-state index contributed by atoms with van der Waals surface area (Å²) in [7, 11) is 0. The maximum Gasteiger partial charge on any atom is 0.119 e. The van der Waals surface area contributed by atoms with Crippen LogP contribution in [0.5, 0.6) is 5.75 Å². The Morgan fingerprint density at radius 2 is 1.52 bits per heavy atom. The molecule has 2 nitrogen and oxygen atoms in total. The van der Waals surface area contributed by atoms with E-state index in [9.17, 15) is 0 Å². The van der Waals surface area contributed by atoms with Crippen LogP contribution >= 0.6 is 0 Å². The molecule has 0 heterocycles. The SMILES string of the molecule is CCCCCCNC(COc1ccccc1)c1ccccc1.[Cl-]. The highest BCUT2D eigenvalue weighted by Gasteiger charge is 2.11. The molecule has 23 heavy (non-hydrogen) atoms. The maximum absolute atomic E-state index is 5.94. The molecule has 0 saturated carbocycles. The number of rotatable bonds is 10. The number of hydrogen-bond donors (Lipinski definition) is 1. The second-order valence-electron chi connectivity index (χ2n) is 5.60. The first-order valence-electron chi connectivity index (χ1n) is 8.36. The van der Waals surface area contributed by atoms with Crippen LogP contribution in [0.15, 0.2) is 60.7 Å². The van der Waals surface area contributed by atoms with Gasteiger partial charge in [-0.2, -0.15) is 0 Å². The first-order valence-corrected chi connectivity index (χ1v) is 8.36. The van der Waals surface area contributed by atoms with Crippen molar-refractivity contribution < 1.29 is 17.1 Å². The maximum atomic E-state index is 5.94. The lowest BCUT2D eigenvalue weighted by Gasteiger charge is -2.20. The van der Waals surface area contributed by atoms with Crippen LogP contribution in [0, 0.1) is 0 Å². The van der Waals surface area contributed by atoms with Gasteiger partial charge in [0.15, 0.2) is 0 Å². The first kappa shape index (κ1) is 19.5. The monoisotopic (exact) mass is 332 g/mol. The van der Waals surface area contributed by atoms with Crippen LogP contribution in [-0.2, 0) is 0 Å². The third kappa shape index (κ3) is 7.54. The van der Waals surface area contributed by atoms with E-state index < -0.39 is 0 Å². The Morgan fingerprint density at radius 3 is 2.17 bits per heavy atom. The van der Waals surface area contributed by atoms with Gasteiger partial charge in [-0.1, -0.05) is 74.7 Å². The van der Waals surface area contributed by atoms with E-state index in [2.05, 4.69) is 42.6 Å². The van der Waals surface area contributed by atoms with Crippen molar-refractivity contribution in [2.75, 3.05) is 13.2 Å². The summed E-state index contributed by atoms with van der Waals surface area (Å²) in [6.07, 6.45) is 5.12. The fourth-order valence-corrected chi connectivity index (χ4v) is 2.48. The first-order chi connectivity index (χ1) is 10.9. The highest BCUT2D eigenvalue weighted by Crippen LogP contribution is 2.16. The van der Waals surface area contributed by atoms with E-state index >= 15 is 0 Å². The predicted molar refractivity (Wildman–Crippen MR) is 93.3 cm³/mol. The fraction of sp³-hybridized carbons (Fsp3) is 0.400. The topological polar surface area (TPSA) is 21.3 Å². The van der Waals surface area contributed by atoms with Crippen LogP contribution in [0.25, 0.3) is 0 Å². The van der Waals surface area contributed by atoms with E-state index in [1.807, 2.05) is 30.3 Å². The van der Waals surface area contributed by atoms with Crippen LogP contribution in [0.4, 0.5) is 0 Å². The van der Waals surface area contributed by atoms with Crippen LogP contribution in [0.2, 0.25) is 0 Å². The van der Waals surface area contributed by atoms with Crippen molar-refractivity contribution in [1.29, 1.82) is 0 Å². The zero-order valence-electron chi connectivity index (χ0n) is 13.9. The van der Waals surface area contributed by atoms with Crippen molar-refractivity contribution in [2.24, 2.45) is 0 Å². The standard InChI is InChI=1S/C20H27NO.ClH/c1-2-3-4-11-16-21-20(18-12-7-5-8-13-18)17-22-19-14-9-6-10-15-19;/h5-10,12-15,20-21H,2-4,11,16-17H2,1H3;1H/p-1. The van der Waals surface area contributed by atoms with Crippen molar-refractivity contribution in [3.05, 3.63) is 66.2 Å². The normalized spacial score (nSPS) is 11.5. The molecule has 1 N–H and O–H groups in total. The van der Waals surface area contributed by atoms with Gasteiger partial charge in [0.1, 0.15) is 12.4 Å². The van der Waals surface area contributed by atoms with Gasteiger partial charge in [0.25, 0.3) is 0 Å². The van der Waals surface area contributed by atoms with Gasteiger partial charge in [0.05, 0.1) is 6.04 Å². The summed E-state index contributed by atoms with van der Waals surface area (Å²) in [6, 6.07) is 20.8. The van der Waals surface area contributed by atoms with E-state index in [-0.39, 0.29) is 18.4 Å². The van der Waals surface area contributed by atoms with E-state index in [1.165, 1.54) is 31.2 Å². The molecule has 2 rings (SSSR count). The van der Waals surface area contributed by atoms with Crippen molar-refractivity contribution in [3.8, 4) is 5.75 Å². The second-order valence-corrected chi connectivity index (χ2v) is 5.60. The number of benzene rings is 2. The van der Waals surface area contributed by atoms with Crippen molar-refractivity contribution in [1.82, 2.24) is 5.32 Å². The highest BCUT2D eigenvalue weighted by molar-refractivity contribution is 5.22. The largest absolute Gasteiger partial charge is 1.00 e. The zero-order valence-corrected chi connectivity index (χ0v) is 14.6. The van der Waals surface area contributed by atoms with Crippen molar-refractivity contribution >= 4 is 0 Å². The Morgan fingerprint density at radius 1 is 0.870 bits per heavy atom. The molecular weight excluding hydrogens is 306 g/mol. The van der Waals surface area contributed by atoms with E-state index in [4.69, 9.17) is 4.74 Å². The molecule has 0 aliphatic rings. The molecule has 0 radical (unpaired) electrons. The van der Waals surface area contributed by atoms with Gasteiger partial charge in [0, 0.05) is 0 Å². The van der Waals surface area contributed by atoms with Crippen molar-refractivity contribution in [3.63, 3.8) is 0 Å². The van der Waals surface area contributed by atoms with Crippen LogP contribution in [-0.4, -0.2) is 13.2 Å².